The lowest BCUT2D eigenvalue weighted by Crippen LogP contribution is -1.92. The van der Waals surface area contributed by atoms with Gasteiger partial charge in [0.15, 0.2) is 0 Å². The van der Waals surface area contributed by atoms with Gasteiger partial charge in [0.1, 0.15) is 0 Å². The molecule has 2 heteroatoms. The highest BCUT2D eigenvalue weighted by atomic mass is 15.1. The summed E-state index contributed by atoms with van der Waals surface area (Å²) in [6, 6.07) is 0. The molecule has 0 bridgehead atoms. The molecular weight excluding hydrogens is 148 g/mol. The van der Waals surface area contributed by atoms with Crippen LogP contribution in [-0.2, 0) is 0 Å². The number of nitrogens with zero attached hydrogens (tertiary/aromatic N) is 1. The number of hydrogen-bond donors (Lipinski definition) is 1. The van der Waals surface area contributed by atoms with Gasteiger partial charge in [-0.15, -0.1) is 0 Å². The molecule has 1 aromatic heterocycles. The molecule has 0 aliphatic carbocycles. The molecule has 1 rings (SSSR count). The third kappa shape index (κ3) is 1.52. The van der Waals surface area contributed by atoms with Gasteiger partial charge in [0.05, 0.1) is 5.69 Å². The Morgan fingerprint density at radius 1 is 1.08 bits per heavy atom. The Balaban J connectivity index is 3.04. The largest absolute Gasteiger partial charge is 0.282 e. The van der Waals surface area contributed by atoms with Crippen molar-refractivity contribution in [1.29, 1.82) is 0 Å². The van der Waals surface area contributed by atoms with Gasteiger partial charge in [0.2, 0.25) is 0 Å². The normalized spacial score (nSPS) is 11.6. The van der Waals surface area contributed by atoms with Gasteiger partial charge in [-0.2, -0.15) is 5.10 Å². The minimum absolute atomic E-state index is 0.522. The van der Waals surface area contributed by atoms with Crippen LogP contribution in [0.1, 0.15) is 56.5 Å². The van der Waals surface area contributed by atoms with Crippen LogP contribution >= 0.6 is 0 Å². The second-order valence-corrected chi connectivity index (χ2v) is 3.96. The van der Waals surface area contributed by atoms with Gasteiger partial charge in [0, 0.05) is 5.69 Å². The molecule has 0 saturated carbocycles. The predicted octanol–water partition coefficient (Wildman–Crippen LogP) is 2.96. The fourth-order valence-corrected chi connectivity index (χ4v) is 1.55. The van der Waals surface area contributed by atoms with Crippen molar-refractivity contribution in [1.82, 2.24) is 10.2 Å². The van der Waals surface area contributed by atoms with Crippen LogP contribution in [0.25, 0.3) is 0 Å². The number of rotatable bonds is 2. The minimum Gasteiger partial charge on any atom is -0.282 e. The zero-order chi connectivity index (χ0) is 9.30. The summed E-state index contributed by atoms with van der Waals surface area (Å²) >= 11 is 0. The number of aromatic amines is 1. The average molecular weight is 166 g/mol. The van der Waals surface area contributed by atoms with E-state index in [9.17, 15) is 0 Å². The van der Waals surface area contributed by atoms with Gasteiger partial charge >= 0.3 is 0 Å². The van der Waals surface area contributed by atoms with E-state index in [4.69, 9.17) is 0 Å². The lowest BCUT2D eigenvalue weighted by Gasteiger charge is -2.04. The lowest BCUT2D eigenvalue weighted by atomic mass is 10.0. The molecule has 2 nitrogen and oxygen atoms in total. The van der Waals surface area contributed by atoms with Gasteiger partial charge in [-0.1, -0.05) is 27.7 Å². The Kier molecular flexibility index (Phi) is 2.55. The van der Waals surface area contributed by atoms with Crippen LogP contribution < -0.4 is 0 Å². The van der Waals surface area contributed by atoms with E-state index in [2.05, 4.69) is 44.8 Å². The van der Waals surface area contributed by atoms with Gasteiger partial charge in [-0.3, -0.25) is 5.10 Å². The van der Waals surface area contributed by atoms with E-state index in [0.29, 0.717) is 11.8 Å². The van der Waals surface area contributed by atoms with Crippen LogP contribution in [0.5, 0.6) is 0 Å². The quantitative estimate of drug-likeness (QED) is 0.719. The van der Waals surface area contributed by atoms with Crippen LogP contribution in [0, 0.1) is 6.92 Å². The molecule has 1 heterocycles. The van der Waals surface area contributed by atoms with E-state index in [1.165, 1.54) is 17.0 Å². The number of aromatic nitrogens is 2. The third-order valence-electron chi connectivity index (χ3n) is 2.21. The monoisotopic (exact) mass is 166 g/mol. The first-order chi connectivity index (χ1) is 5.54. The summed E-state index contributed by atoms with van der Waals surface area (Å²) in [7, 11) is 0. The van der Waals surface area contributed by atoms with E-state index < -0.39 is 0 Å². The molecule has 0 radical (unpaired) electrons. The molecule has 1 aromatic rings. The third-order valence-corrected chi connectivity index (χ3v) is 2.21. The molecule has 0 spiro atoms. The van der Waals surface area contributed by atoms with Crippen molar-refractivity contribution in [3.63, 3.8) is 0 Å². The zero-order valence-electron chi connectivity index (χ0n) is 8.60. The van der Waals surface area contributed by atoms with Crippen LogP contribution in [-0.4, -0.2) is 10.2 Å². The van der Waals surface area contributed by atoms with Crippen molar-refractivity contribution in [3.05, 3.63) is 17.0 Å². The maximum atomic E-state index is 4.31. The summed E-state index contributed by atoms with van der Waals surface area (Å²) in [5.41, 5.74) is 3.82. The van der Waals surface area contributed by atoms with Gasteiger partial charge in [-0.05, 0) is 24.3 Å². The highest BCUT2D eigenvalue weighted by Gasteiger charge is 2.13. The second kappa shape index (κ2) is 3.30. The van der Waals surface area contributed by atoms with E-state index in [1.807, 2.05) is 0 Å². The summed E-state index contributed by atoms with van der Waals surface area (Å²) < 4.78 is 0. The van der Waals surface area contributed by atoms with Crippen LogP contribution in [0.4, 0.5) is 0 Å². The number of hydrogen-bond acceptors (Lipinski definition) is 1. The average Bonchev–Trinajstić information content (AvgIpc) is 2.30. The van der Waals surface area contributed by atoms with E-state index in [-0.39, 0.29) is 0 Å². The summed E-state index contributed by atoms with van der Waals surface area (Å²) in [5.74, 6) is 1.07. The van der Waals surface area contributed by atoms with Gasteiger partial charge in [-0.25, -0.2) is 0 Å². The topological polar surface area (TPSA) is 28.7 Å². The van der Waals surface area contributed by atoms with Crippen molar-refractivity contribution in [2.45, 2.75) is 46.5 Å². The summed E-state index contributed by atoms with van der Waals surface area (Å²) in [6.45, 7) is 10.9. The van der Waals surface area contributed by atoms with Crippen molar-refractivity contribution in [2.75, 3.05) is 0 Å². The first-order valence-corrected chi connectivity index (χ1v) is 4.58. The van der Waals surface area contributed by atoms with Crippen LogP contribution in [0.15, 0.2) is 0 Å². The Labute approximate surface area is 74.4 Å². The standard InChI is InChI=1S/C10H18N2/c1-6(2)9-8(5)10(7(3)4)12-11-9/h6-7H,1-5H3,(H,11,12). The summed E-state index contributed by atoms with van der Waals surface area (Å²) in [4.78, 5) is 0. The summed E-state index contributed by atoms with van der Waals surface area (Å²) in [5, 5.41) is 7.42. The fraction of sp³-hybridized carbons (Fsp3) is 0.700. The highest BCUT2D eigenvalue weighted by molar-refractivity contribution is 5.27. The molecule has 0 aliphatic rings. The highest BCUT2D eigenvalue weighted by Crippen LogP contribution is 2.23. The first kappa shape index (κ1) is 9.30. The van der Waals surface area contributed by atoms with Crippen molar-refractivity contribution in [2.24, 2.45) is 0 Å². The molecule has 1 N–H and O–H groups in total. The molecule has 0 amide bonds. The number of nitrogens with one attached hydrogen (secondary N) is 1. The zero-order valence-corrected chi connectivity index (χ0v) is 8.60. The molecule has 0 atom stereocenters. The Morgan fingerprint density at radius 3 is 1.92 bits per heavy atom. The molecule has 0 saturated heterocycles. The minimum atomic E-state index is 0.522. The van der Waals surface area contributed by atoms with Gasteiger partial charge < -0.3 is 0 Å². The summed E-state index contributed by atoms with van der Waals surface area (Å²) in [6.07, 6.45) is 0. The van der Waals surface area contributed by atoms with E-state index in [1.54, 1.807) is 0 Å². The predicted molar refractivity (Wildman–Crippen MR) is 51.5 cm³/mol. The van der Waals surface area contributed by atoms with Crippen LogP contribution in [0.2, 0.25) is 0 Å². The second-order valence-electron chi connectivity index (χ2n) is 3.96. The Bertz CT molecular complexity index is 233. The maximum Gasteiger partial charge on any atom is 0.0679 e. The Morgan fingerprint density at radius 2 is 1.67 bits per heavy atom. The Hall–Kier alpha value is -0.790. The molecule has 0 fully saturated rings. The van der Waals surface area contributed by atoms with E-state index in [0.717, 1.165) is 0 Å². The van der Waals surface area contributed by atoms with Crippen molar-refractivity contribution >= 4 is 0 Å². The van der Waals surface area contributed by atoms with Crippen LogP contribution in [0.3, 0.4) is 0 Å². The number of H-pyrrole nitrogens is 1. The van der Waals surface area contributed by atoms with Crippen molar-refractivity contribution < 1.29 is 0 Å². The van der Waals surface area contributed by atoms with E-state index >= 15 is 0 Å². The lowest BCUT2D eigenvalue weighted by molar-refractivity contribution is 0.791. The molecule has 68 valence electrons. The van der Waals surface area contributed by atoms with Gasteiger partial charge in [0.25, 0.3) is 0 Å². The molecule has 0 aromatic carbocycles. The molecular formula is C10H18N2. The smallest absolute Gasteiger partial charge is 0.0679 e. The molecule has 12 heavy (non-hydrogen) atoms. The molecule has 0 unspecified atom stereocenters. The fourth-order valence-electron chi connectivity index (χ4n) is 1.55. The van der Waals surface area contributed by atoms with Crippen molar-refractivity contribution in [3.8, 4) is 0 Å². The molecule has 0 aliphatic heterocycles. The maximum absolute atomic E-state index is 4.31. The first-order valence-electron chi connectivity index (χ1n) is 4.58. The SMILES string of the molecule is Cc1c(C(C)C)n[nH]c1C(C)C.